The van der Waals surface area contributed by atoms with Crippen LogP contribution >= 0.6 is 11.3 Å². The third-order valence-electron chi connectivity index (χ3n) is 6.37. The van der Waals surface area contributed by atoms with Gasteiger partial charge in [0.05, 0.1) is 12.2 Å². The third kappa shape index (κ3) is 7.61. The summed E-state index contributed by atoms with van der Waals surface area (Å²) in [4.78, 5) is 37.2. The van der Waals surface area contributed by atoms with Crippen LogP contribution in [0.1, 0.15) is 70.5 Å². The number of aromatic nitrogens is 2. The fourth-order valence-electron chi connectivity index (χ4n) is 4.27. The Balaban J connectivity index is 1.58. The smallest absolute Gasteiger partial charge is 0.407 e. The van der Waals surface area contributed by atoms with E-state index in [4.69, 9.17) is 4.74 Å². The highest BCUT2D eigenvalue weighted by molar-refractivity contribution is 7.12. The summed E-state index contributed by atoms with van der Waals surface area (Å²) >= 11 is 1.17. The van der Waals surface area contributed by atoms with Crippen molar-refractivity contribution in [2.45, 2.75) is 52.8 Å². The molecule has 2 aromatic heterocycles. The number of rotatable bonds is 8. The number of benzene rings is 2. The maximum absolute atomic E-state index is 13.4. The standard InChI is InChI=1S/C31H34N4O5S/c1-18-7-8-20(14-32-30(39)40-31(3,4)5)9-26(18)28(36)34-19(2)21-10-22(24-13-27(29(37)38)41-17-24)12-23(11-21)25-15-33-35(6)16-25/h7-13,15-17,19H,14H2,1-6H3,(H,32,39)(H,34,36)(H,37,38). The van der Waals surface area contributed by atoms with E-state index in [1.807, 2.05) is 62.8 Å². The number of carboxylic acid groups (broad SMARTS) is 1. The van der Waals surface area contributed by atoms with Crippen LogP contribution in [-0.4, -0.2) is 38.5 Å². The summed E-state index contributed by atoms with van der Waals surface area (Å²) in [5.41, 5.74) is 5.79. The predicted octanol–water partition coefficient (Wildman–Crippen LogP) is 6.34. The summed E-state index contributed by atoms with van der Waals surface area (Å²) < 4.78 is 7.01. The van der Waals surface area contributed by atoms with Gasteiger partial charge >= 0.3 is 12.1 Å². The van der Waals surface area contributed by atoms with Gasteiger partial charge in [-0.3, -0.25) is 9.48 Å². The minimum atomic E-state index is -0.968. The molecule has 0 radical (unpaired) electrons. The lowest BCUT2D eigenvalue weighted by Gasteiger charge is -2.20. The van der Waals surface area contributed by atoms with Crippen LogP contribution in [0.2, 0.25) is 0 Å². The molecule has 4 aromatic rings. The van der Waals surface area contributed by atoms with Gasteiger partial charge in [-0.2, -0.15) is 5.10 Å². The molecule has 0 aliphatic carbocycles. The van der Waals surface area contributed by atoms with Crippen LogP contribution in [-0.2, 0) is 18.3 Å². The molecule has 0 aliphatic heterocycles. The number of thiophene rings is 1. The lowest BCUT2D eigenvalue weighted by molar-refractivity contribution is 0.0522. The summed E-state index contributed by atoms with van der Waals surface area (Å²) in [5.74, 6) is -1.21. The molecule has 0 bridgehead atoms. The Labute approximate surface area is 243 Å². The molecule has 10 heteroatoms. The van der Waals surface area contributed by atoms with E-state index in [1.54, 1.807) is 43.8 Å². The lowest BCUT2D eigenvalue weighted by Crippen LogP contribution is -2.32. The zero-order valence-corrected chi connectivity index (χ0v) is 24.8. The number of hydrogen-bond donors (Lipinski definition) is 3. The second-order valence-electron chi connectivity index (χ2n) is 11.0. The maximum atomic E-state index is 13.4. The van der Waals surface area contributed by atoms with E-state index in [-0.39, 0.29) is 23.4 Å². The van der Waals surface area contributed by atoms with Crippen LogP contribution in [0.4, 0.5) is 4.79 Å². The first-order valence-electron chi connectivity index (χ1n) is 13.1. The molecule has 0 saturated heterocycles. The summed E-state index contributed by atoms with van der Waals surface area (Å²) in [6, 6.07) is 12.7. The molecule has 0 fully saturated rings. The molecular formula is C31H34N4O5S. The monoisotopic (exact) mass is 574 g/mol. The van der Waals surface area contributed by atoms with Crippen molar-refractivity contribution in [2.24, 2.45) is 7.05 Å². The molecule has 0 saturated carbocycles. The SMILES string of the molecule is Cc1ccc(CNC(=O)OC(C)(C)C)cc1C(=O)NC(C)c1cc(-c2csc(C(=O)O)c2)cc(-c2cnn(C)c2)c1. The van der Waals surface area contributed by atoms with Gasteiger partial charge in [0.1, 0.15) is 10.5 Å². The molecule has 4 rings (SSSR count). The minimum absolute atomic E-state index is 0.223. The van der Waals surface area contributed by atoms with Crippen LogP contribution in [0.3, 0.4) is 0 Å². The van der Waals surface area contributed by atoms with Gasteiger partial charge in [0, 0.05) is 30.9 Å². The second kappa shape index (κ2) is 12.0. The molecule has 2 aromatic carbocycles. The van der Waals surface area contributed by atoms with Gasteiger partial charge in [-0.15, -0.1) is 11.3 Å². The number of nitrogens with zero attached hydrogens (tertiary/aromatic N) is 2. The molecule has 9 nitrogen and oxygen atoms in total. The minimum Gasteiger partial charge on any atom is -0.477 e. The van der Waals surface area contributed by atoms with Crippen LogP contribution in [0, 0.1) is 6.92 Å². The maximum Gasteiger partial charge on any atom is 0.407 e. The van der Waals surface area contributed by atoms with Gasteiger partial charge in [0.25, 0.3) is 5.91 Å². The van der Waals surface area contributed by atoms with Crippen molar-refractivity contribution in [1.29, 1.82) is 0 Å². The number of carbonyl (C=O) groups is 3. The van der Waals surface area contributed by atoms with Crippen molar-refractivity contribution in [3.05, 3.63) is 87.4 Å². The molecule has 1 atom stereocenters. The number of aromatic carboxylic acids is 1. The van der Waals surface area contributed by atoms with Crippen molar-refractivity contribution >= 4 is 29.3 Å². The average molecular weight is 575 g/mol. The Hall–Kier alpha value is -4.44. The van der Waals surface area contributed by atoms with E-state index in [1.165, 1.54) is 11.3 Å². The Morgan fingerprint density at radius 3 is 2.37 bits per heavy atom. The summed E-state index contributed by atoms with van der Waals surface area (Å²) in [5, 5.41) is 21.3. The van der Waals surface area contributed by atoms with E-state index in [9.17, 15) is 19.5 Å². The number of aryl methyl sites for hydroxylation is 2. The van der Waals surface area contributed by atoms with Gasteiger partial charge in [0.15, 0.2) is 0 Å². The number of alkyl carbamates (subject to hydrolysis) is 1. The van der Waals surface area contributed by atoms with Crippen molar-refractivity contribution < 1.29 is 24.2 Å². The number of nitrogens with one attached hydrogen (secondary N) is 2. The fourth-order valence-corrected chi connectivity index (χ4v) is 5.03. The predicted molar refractivity (Wildman–Crippen MR) is 159 cm³/mol. The molecular weight excluding hydrogens is 540 g/mol. The van der Waals surface area contributed by atoms with Crippen molar-refractivity contribution in [2.75, 3.05) is 0 Å². The van der Waals surface area contributed by atoms with Crippen molar-refractivity contribution in [3.8, 4) is 22.3 Å². The molecule has 2 amide bonds. The van der Waals surface area contributed by atoms with Gasteiger partial charge in [-0.25, -0.2) is 9.59 Å². The van der Waals surface area contributed by atoms with E-state index < -0.39 is 17.7 Å². The zero-order chi connectivity index (χ0) is 29.9. The van der Waals surface area contributed by atoms with Gasteiger partial charge < -0.3 is 20.5 Å². The number of carbonyl (C=O) groups excluding carboxylic acids is 2. The number of ether oxygens (including phenoxy) is 1. The molecule has 0 spiro atoms. The molecule has 0 aliphatic rings. The Morgan fingerprint density at radius 1 is 1.05 bits per heavy atom. The van der Waals surface area contributed by atoms with Crippen LogP contribution in [0.25, 0.3) is 22.3 Å². The van der Waals surface area contributed by atoms with Gasteiger partial charge in [-0.1, -0.05) is 12.1 Å². The highest BCUT2D eigenvalue weighted by atomic mass is 32.1. The molecule has 3 N–H and O–H groups in total. The fraction of sp³-hybridized carbons (Fsp3) is 0.290. The van der Waals surface area contributed by atoms with Crippen molar-refractivity contribution in [3.63, 3.8) is 0 Å². The van der Waals surface area contributed by atoms with E-state index in [2.05, 4.69) is 15.7 Å². The van der Waals surface area contributed by atoms with Crippen LogP contribution < -0.4 is 10.6 Å². The van der Waals surface area contributed by atoms with Gasteiger partial charge in [0.2, 0.25) is 0 Å². The molecule has 41 heavy (non-hydrogen) atoms. The number of carboxylic acids is 1. The Morgan fingerprint density at radius 2 is 1.76 bits per heavy atom. The normalized spacial score (nSPS) is 12.0. The van der Waals surface area contributed by atoms with E-state index >= 15 is 0 Å². The highest BCUT2D eigenvalue weighted by Gasteiger charge is 2.19. The van der Waals surface area contributed by atoms with Crippen molar-refractivity contribution in [1.82, 2.24) is 20.4 Å². The van der Waals surface area contributed by atoms with Crippen LogP contribution in [0.5, 0.6) is 0 Å². The van der Waals surface area contributed by atoms with Crippen LogP contribution in [0.15, 0.2) is 60.2 Å². The molecule has 2 heterocycles. The first-order valence-corrected chi connectivity index (χ1v) is 14.0. The lowest BCUT2D eigenvalue weighted by atomic mass is 9.95. The van der Waals surface area contributed by atoms with E-state index in [0.29, 0.717) is 5.56 Å². The quantitative estimate of drug-likeness (QED) is 0.226. The average Bonchev–Trinajstić information content (AvgIpc) is 3.57. The molecule has 214 valence electrons. The highest BCUT2D eigenvalue weighted by Crippen LogP contribution is 2.33. The largest absolute Gasteiger partial charge is 0.477 e. The first kappa shape index (κ1) is 29.5. The van der Waals surface area contributed by atoms with E-state index in [0.717, 1.165) is 38.9 Å². The second-order valence-corrected chi connectivity index (χ2v) is 11.9. The topological polar surface area (TPSA) is 123 Å². The summed E-state index contributed by atoms with van der Waals surface area (Å²) in [6.45, 7) is 9.38. The first-order chi connectivity index (χ1) is 19.3. The number of amides is 2. The van der Waals surface area contributed by atoms with Gasteiger partial charge in [-0.05, 0) is 104 Å². The Bertz CT molecular complexity index is 1600. The Kier molecular flexibility index (Phi) is 8.63. The summed E-state index contributed by atoms with van der Waals surface area (Å²) in [7, 11) is 1.84. The molecule has 1 unspecified atom stereocenters. The third-order valence-corrected chi connectivity index (χ3v) is 7.29. The summed E-state index contributed by atoms with van der Waals surface area (Å²) in [6.07, 6.45) is 3.15. The zero-order valence-electron chi connectivity index (χ0n) is 23.9. The number of hydrogen-bond acceptors (Lipinski definition) is 6.